The molecular formula is C20H17Cl2N3O. The zero-order chi connectivity index (χ0) is 18.4. The topological polar surface area (TPSA) is 54.0 Å². The van der Waals surface area contributed by atoms with Gasteiger partial charge in [0.05, 0.1) is 22.5 Å². The number of pyridine rings is 1. The largest absolute Gasteiger partial charge is 0.370 e. The molecule has 26 heavy (non-hydrogen) atoms. The average Bonchev–Trinajstić information content (AvgIpc) is 2.63. The van der Waals surface area contributed by atoms with Crippen molar-refractivity contribution in [1.82, 2.24) is 4.98 Å². The quantitative estimate of drug-likeness (QED) is 0.605. The fourth-order valence-electron chi connectivity index (χ4n) is 2.44. The molecule has 0 saturated heterocycles. The molecule has 3 aromatic rings. The highest BCUT2D eigenvalue weighted by Gasteiger charge is 2.09. The van der Waals surface area contributed by atoms with E-state index in [1.165, 1.54) is 0 Å². The first kappa shape index (κ1) is 18.2. The van der Waals surface area contributed by atoms with E-state index >= 15 is 0 Å². The highest BCUT2D eigenvalue weighted by molar-refractivity contribution is 6.34. The van der Waals surface area contributed by atoms with Crippen LogP contribution in [0, 0.1) is 0 Å². The Morgan fingerprint density at radius 3 is 2.58 bits per heavy atom. The van der Waals surface area contributed by atoms with Crippen molar-refractivity contribution in [2.75, 3.05) is 17.2 Å². The maximum atomic E-state index is 12.2. The second-order valence-electron chi connectivity index (χ2n) is 5.67. The van der Waals surface area contributed by atoms with Crippen LogP contribution in [-0.4, -0.2) is 17.4 Å². The number of halogens is 2. The van der Waals surface area contributed by atoms with Gasteiger partial charge < -0.3 is 10.6 Å². The van der Waals surface area contributed by atoms with Crippen molar-refractivity contribution in [2.24, 2.45) is 0 Å². The first-order valence-corrected chi connectivity index (χ1v) is 8.88. The Bertz CT molecular complexity index is 898. The van der Waals surface area contributed by atoms with E-state index in [1.54, 1.807) is 36.5 Å². The molecule has 1 amide bonds. The molecule has 0 atom stereocenters. The van der Waals surface area contributed by atoms with Crippen molar-refractivity contribution >= 4 is 40.6 Å². The maximum Gasteiger partial charge on any atom is 0.257 e. The van der Waals surface area contributed by atoms with Crippen LogP contribution in [-0.2, 0) is 6.42 Å². The number of benzene rings is 2. The summed E-state index contributed by atoms with van der Waals surface area (Å²) in [5.74, 6) is 0.474. The third kappa shape index (κ3) is 4.97. The Balaban J connectivity index is 1.53. The van der Waals surface area contributed by atoms with Crippen LogP contribution in [0.15, 0.2) is 66.9 Å². The number of nitrogens with zero attached hydrogens (tertiary/aromatic N) is 1. The van der Waals surface area contributed by atoms with E-state index in [2.05, 4.69) is 15.6 Å². The summed E-state index contributed by atoms with van der Waals surface area (Å²) >= 11 is 12.0. The van der Waals surface area contributed by atoms with Gasteiger partial charge in [-0.05, 0) is 48.4 Å². The highest BCUT2D eigenvalue weighted by Crippen LogP contribution is 2.17. The van der Waals surface area contributed by atoms with Crippen molar-refractivity contribution in [3.8, 4) is 0 Å². The summed E-state index contributed by atoms with van der Waals surface area (Å²) in [7, 11) is 0. The van der Waals surface area contributed by atoms with Crippen LogP contribution < -0.4 is 10.6 Å². The van der Waals surface area contributed by atoms with Gasteiger partial charge in [0.2, 0.25) is 0 Å². The molecule has 1 heterocycles. The molecule has 0 saturated carbocycles. The average molecular weight is 386 g/mol. The second kappa shape index (κ2) is 8.70. The first-order chi connectivity index (χ1) is 12.6. The monoisotopic (exact) mass is 385 g/mol. The molecule has 4 nitrogen and oxygen atoms in total. The maximum absolute atomic E-state index is 12.2. The fraction of sp³-hybridized carbons (Fsp3) is 0.100. The number of carbonyl (C=O) groups is 1. The van der Waals surface area contributed by atoms with Crippen molar-refractivity contribution in [3.63, 3.8) is 0 Å². The summed E-state index contributed by atoms with van der Waals surface area (Å²) in [5, 5.41) is 7.18. The van der Waals surface area contributed by atoms with Gasteiger partial charge in [0.1, 0.15) is 5.82 Å². The number of anilines is 2. The molecule has 0 aliphatic heterocycles. The molecule has 6 heteroatoms. The zero-order valence-electron chi connectivity index (χ0n) is 13.9. The summed E-state index contributed by atoms with van der Waals surface area (Å²) in [6.07, 6.45) is 2.45. The molecule has 132 valence electrons. The van der Waals surface area contributed by atoms with Crippen LogP contribution in [0.25, 0.3) is 0 Å². The van der Waals surface area contributed by atoms with Gasteiger partial charge in [0.25, 0.3) is 5.91 Å². The smallest absolute Gasteiger partial charge is 0.257 e. The summed E-state index contributed by atoms with van der Waals surface area (Å²) in [4.78, 5) is 16.5. The molecule has 0 aliphatic rings. The number of amides is 1. The predicted molar refractivity (Wildman–Crippen MR) is 107 cm³/mol. The Morgan fingerprint density at radius 1 is 1.00 bits per heavy atom. The molecule has 0 aliphatic carbocycles. The second-order valence-corrected chi connectivity index (χ2v) is 6.52. The summed E-state index contributed by atoms with van der Waals surface area (Å²) in [5.41, 5.74) is 2.20. The van der Waals surface area contributed by atoms with Crippen LogP contribution in [0.5, 0.6) is 0 Å². The van der Waals surface area contributed by atoms with E-state index in [0.717, 1.165) is 29.4 Å². The van der Waals surface area contributed by atoms with Gasteiger partial charge in [-0.2, -0.15) is 0 Å². The number of carbonyl (C=O) groups excluding carboxylic acids is 1. The lowest BCUT2D eigenvalue weighted by molar-refractivity contribution is 0.102. The van der Waals surface area contributed by atoms with Crippen molar-refractivity contribution < 1.29 is 4.79 Å². The Kier molecular flexibility index (Phi) is 6.10. The summed E-state index contributed by atoms with van der Waals surface area (Å²) < 4.78 is 0. The van der Waals surface area contributed by atoms with Crippen LogP contribution in [0.1, 0.15) is 15.9 Å². The standard InChI is InChI=1S/C20H17Cl2N3O/c21-15-5-3-4-14(12-15)10-11-23-19-9-8-16(13-24-19)25-20(26)17-6-1-2-7-18(17)22/h1-9,12-13H,10-11H2,(H,23,24)(H,25,26). The molecule has 0 unspecified atom stereocenters. The van der Waals surface area contributed by atoms with Crippen molar-refractivity contribution in [2.45, 2.75) is 6.42 Å². The molecule has 0 spiro atoms. The molecule has 3 rings (SSSR count). The van der Waals surface area contributed by atoms with Gasteiger partial charge in [-0.3, -0.25) is 4.79 Å². The number of rotatable bonds is 6. The number of nitrogens with one attached hydrogen (secondary N) is 2. The van der Waals surface area contributed by atoms with Crippen LogP contribution in [0.4, 0.5) is 11.5 Å². The Morgan fingerprint density at radius 2 is 1.85 bits per heavy atom. The first-order valence-electron chi connectivity index (χ1n) is 8.12. The minimum Gasteiger partial charge on any atom is -0.370 e. The number of hydrogen-bond donors (Lipinski definition) is 2. The summed E-state index contributed by atoms with van der Waals surface area (Å²) in [6.45, 7) is 0.735. The van der Waals surface area contributed by atoms with E-state index in [9.17, 15) is 4.79 Å². The van der Waals surface area contributed by atoms with Crippen molar-refractivity contribution in [3.05, 3.63) is 88.0 Å². The third-order valence-electron chi connectivity index (χ3n) is 3.75. The van der Waals surface area contributed by atoms with E-state index < -0.39 is 0 Å². The van der Waals surface area contributed by atoms with Gasteiger partial charge in [-0.25, -0.2) is 4.98 Å². The van der Waals surface area contributed by atoms with E-state index in [4.69, 9.17) is 23.2 Å². The van der Waals surface area contributed by atoms with Crippen LogP contribution >= 0.6 is 23.2 Å². The molecule has 0 fully saturated rings. The van der Waals surface area contributed by atoms with Gasteiger partial charge in [-0.1, -0.05) is 47.5 Å². The Labute approximate surface area is 162 Å². The minimum atomic E-state index is -0.265. The van der Waals surface area contributed by atoms with E-state index in [0.29, 0.717) is 16.3 Å². The minimum absolute atomic E-state index is 0.265. The molecule has 1 aromatic heterocycles. The molecular weight excluding hydrogens is 369 g/mol. The van der Waals surface area contributed by atoms with Crippen LogP contribution in [0.2, 0.25) is 10.0 Å². The lowest BCUT2D eigenvalue weighted by Crippen LogP contribution is -2.13. The zero-order valence-corrected chi connectivity index (χ0v) is 15.4. The fourth-order valence-corrected chi connectivity index (χ4v) is 2.88. The van der Waals surface area contributed by atoms with Gasteiger partial charge in [-0.15, -0.1) is 0 Å². The van der Waals surface area contributed by atoms with Crippen LogP contribution in [0.3, 0.4) is 0 Å². The van der Waals surface area contributed by atoms with Gasteiger partial charge in [0.15, 0.2) is 0 Å². The van der Waals surface area contributed by atoms with E-state index in [-0.39, 0.29) is 5.91 Å². The van der Waals surface area contributed by atoms with Gasteiger partial charge in [0, 0.05) is 11.6 Å². The molecule has 0 bridgehead atoms. The van der Waals surface area contributed by atoms with Crippen molar-refractivity contribution in [1.29, 1.82) is 0 Å². The molecule has 0 radical (unpaired) electrons. The number of hydrogen-bond acceptors (Lipinski definition) is 3. The van der Waals surface area contributed by atoms with E-state index in [1.807, 2.05) is 30.3 Å². The lowest BCUT2D eigenvalue weighted by atomic mass is 10.1. The summed E-state index contributed by atoms with van der Waals surface area (Å²) in [6, 6.07) is 18.3. The Hall–Kier alpha value is -2.56. The predicted octanol–water partition coefficient (Wildman–Crippen LogP) is 5.30. The highest BCUT2D eigenvalue weighted by atomic mass is 35.5. The van der Waals surface area contributed by atoms with Gasteiger partial charge >= 0.3 is 0 Å². The lowest BCUT2D eigenvalue weighted by Gasteiger charge is -2.09. The molecule has 2 aromatic carbocycles. The third-order valence-corrected chi connectivity index (χ3v) is 4.31. The normalized spacial score (nSPS) is 10.4. The molecule has 2 N–H and O–H groups in total. The number of aromatic nitrogens is 1. The SMILES string of the molecule is O=C(Nc1ccc(NCCc2cccc(Cl)c2)nc1)c1ccccc1Cl.